The van der Waals surface area contributed by atoms with Crippen molar-refractivity contribution in [1.29, 1.82) is 0 Å². The van der Waals surface area contributed by atoms with E-state index in [0.29, 0.717) is 31.3 Å². The molecule has 0 radical (unpaired) electrons. The van der Waals surface area contributed by atoms with Gasteiger partial charge in [-0.2, -0.15) is 0 Å². The number of ether oxygens (including phenoxy) is 1. The maximum absolute atomic E-state index is 15.3. The van der Waals surface area contributed by atoms with Crippen molar-refractivity contribution in [3.05, 3.63) is 23.3 Å². The highest BCUT2D eigenvalue weighted by atomic mass is 19.1. The van der Waals surface area contributed by atoms with Crippen molar-refractivity contribution < 1.29 is 28.6 Å². The van der Waals surface area contributed by atoms with Crippen molar-refractivity contribution in [3.8, 4) is 0 Å². The summed E-state index contributed by atoms with van der Waals surface area (Å²) in [6.07, 6.45) is 4.83. The molecule has 0 saturated heterocycles. The summed E-state index contributed by atoms with van der Waals surface area (Å²) in [6, 6.07) is 0. The average Bonchev–Trinajstić information content (AvgIpc) is 2.89. The molecule has 5 nitrogen and oxygen atoms in total. The number of Topliss-reactive ketones (excluding diaryl/α,β-unsaturated/α-hetero) is 1. The fraction of sp³-hybridized carbons (Fsp3) is 0.708. The van der Waals surface area contributed by atoms with Crippen LogP contribution >= 0.6 is 0 Å². The predicted molar refractivity (Wildman–Crippen MR) is 108 cm³/mol. The second kappa shape index (κ2) is 6.84. The molecular weight excluding hydrogens is 387 g/mol. The number of halogens is 1. The molecule has 0 bridgehead atoms. The van der Waals surface area contributed by atoms with E-state index in [1.165, 1.54) is 18.6 Å². The summed E-state index contributed by atoms with van der Waals surface area (Å²) < 4.78 is 20.2. The van der Waals surface area contributed by atoms with Gasteiger partial charge in [-0.05, 0) is 55.1 Å². The monoisotopic (exact) mass is 418 g/mol. The molecule has 0 unspecified atom stereocenters. The number of aliphatic hydroxyl groups is 1. The lowest BCUT2D eigenvalue weighted by Crippen LogP contribution is -2.58. The van der Waals surface area contributed by atoms with Crippen LogP contribution in [0.5, 0.6) is 0 Å². The van der Waals surface area contributed by atoms with Gasteiger partial charge < -0.3 is 9.84 Å². The molecular formula is C24H31FO5. The van der Waals surface area contributed by atoms with Crippen LogP contribution in [-0.4, -0.2) is 41.0 Å². The van der Waals surface area contributed by atoms with Crippen LogP contribution in [0.4, 0.5) is 4.39 Å². The summed E-state index contributed by atoms with van der Waals surface area (Å²) in [7, 11) is 0. The molecule has 4 aliphatic rings. The summed E-state index contributed by atoms with van der Waals surface area (Å²) in [6.45, 7) is 6.61. The smallest absolute Gasteiger partial charge is 0.303 e. The minimum absolute atomic E-state index is 0.00949. The Bertz CT molecular complexity index is 875. The van der Waals surface area contributed by atoms with E-state index in [9.17, 15) is 19.5 Å². The summed E-state index contributed by atoms with van der Waals surface area (Å²) >= 11 is 0. The van der Waals surface area contributed by atoms with E-state index in [0.717, 1.165) is 0 Å². The Hall–Kier alpha value is -1.82. The molecule has 0 aromatic heterocycles. The Morgan fingerprint density at radius 2 is 1.97 bits per heavy atom. The Balaban J connectivity index is 1.73. The van der Waals surface area contributed by atoms with Gasteiger partial charge in [0.15, 0.2) is 12.4 Å². The van der Waals surface area contributed by atoms with Crippen LogP contribution in [0.2, 0.25) is 0 Å². The average molecular weight is 419 g/mol. The standard InChI is InChI=1S/C24H31FO5/c1-13-9-18-16-11-20(25)19-10-15(27)5-7-22(19,3)17(16)6-8-23(18,4)24(13,29)21(28)12-30-14(2)26/h6,10,13,16,18,20,29H,5,7-9,11-12H2,1-4H3/t13-,16+,18-,20-,22+,23-,24-/m0/s1. The Kier molecular flexibility index (Phi) is 4.88. The van der Waals surface area contributed by atoms with Gasteiger partial charge in [-0.3, -0.25) is 14.4 Å². The highest BCUT2D eigenvalue weighted by Gasteiger charge is 2.68. The predicted octanol–water partition coefficient (Wildman–Crippen LogP) is 3.50. The lowest BCUT2D eigenvalue weighted by molar-refractivity contribution is -0.167. The largest absolute Gasteiger partial charge is 0.458 e. The minimum Gasteiger partial charge on any atom is -0.458 e. The Morgan fingerprint density at radius 3 is 2.63 bits per heavy atom. The van der Waals surface area contributed by atoms with E-state index < -0.39 is 41.0 Å². The number of carbonyl (C=O) groups is 3. The zero-order chi connectivity index (χ0) is 22.1. The molecule has 30 heavy (non-hydrogen) atoms. The third-order valence-electron chi connectivity index (χ3n) is 8.73. The molecule has 0 spiro atoms. The highest BCUT2D eigenvalue weighted by Crippen LogP contribution is 2.67. The molecule has 164 valence electrons. The molecule has 0 heterocycles. The first kappa shape index (κ1) is 21.4. The SMILES string of the molecule is CC(=O)OCC(=O)[C@@]1(O)[C@@H](C)C[C@H]2[C@@H]3C[C@H](F)C4=CC(=O)CC[C@]4(C)C3=CC[C@@]21C. The number of hydrogen-bond acceptors (Lipinski definition) is 5. The first-order valence-corrected chi connectivity index (χ1v) is 10.9. The minimum atomic E-state index is -1.62. The Morgan fingerprint density at radius 1 is 1.27 bits per heavy atom. The van der Waals surface area contributed by atoms with Gasteiger partial charge in [0.05, 0.1) is 0 Å². The van der Waals surface area contributed by atoms with Crippen LogP contribution in [0.1, 0.15) is 59.8 Å². The molecule has 2 fully saturated rings. The van der Waals surface area contributed by atoms with Crippen molar-refractivity contribution in [2.24, 2.45) is 28.6 Å². The van der Waals surface area contributed by atoms with Gasteiger partial charge in [0.1, 0.15) is 11.8 Å². The van der Waals surface area contributed by atoms with E-state index in [1.54, 1.807) is 0 Å². The molecule has 0 amide bonds. The van der Waals surface area contributed by atoms with E-state index in [-0.39, 0.29) is 30.0 Å². The summed E-state index contributed by atoms with van der Waals surface area (Å²) in [4.78, 5) is 36.2. The number of ketones is 2. The maximum Gasteiger partial charge on any atom is 0.303 e. The van der Waals surface area contributed by atoms with Gasteiger partial charge in [-0.15, -0.1) is 0 Å². The van der Waals surface area contributed by atoms with Gasteiger partial charge in [-0.1, -0.05) is 32.4 Å². The lowest BCUT2D eigenvalue weighted by Gasteiger charge is -2.55. The third-order valence-corrected chi connectivity index (χ3v) is 8.73. The summed E-state index contributed by atoms with van der Waals surface area (Å²) in [5, 5.41) is 11.7. The van der Waals surface area contributed by atoms with Crippen LogP contribution in [-0.2, 0) is 19.1 Å². The number of fused-ring (bicyclic) bond motifs is 5. The summed E-state index contributed by atoms with van der Waals surface area (Å²) in [5.41, 5.74) is -1.08. The van der Waals surface area contributed by atoms with Crippen LogP contribution in [0, 0.1) is 28.6 Å². The van der Waals surface area contributed by atoms with E-state index in [1.807, 2.05) is 20.8 Å². The topological polar surface area (TPSA) is 80.7 Å². The number of alkyl halides is 1. The normalized spacial score (nSPS) is 44.9. The van der Waals surface area contributed by atoms with Gasteiger partial charge in [0.25, 0.3) is 0 Å². The summed E-state index contributed by atoms with van der Waals surface area (Å²) in [5.74, 6) is -1.49. The van der Waals surface area contributed by atoms with Crippen LogP contribution in [0.3, 0.4) is 0 Å². The third kappa shape index (κ3) is 2.72. The molecule has 0 aromatic carbocycles. The van der Waals surface area contributed by atoms with Crippen molar-refractivity contribution in [2.75, 3.05) is 6.61 Å². The van der Waals surface area contributed by atoms with Crippen LogP contribution in [0.15, 0.2) is 23.3 Å². The highest BCUT2D eigenvalue weighted by molar-refractivity contribution is 5.92. The number of rotatable bonds is 3. The van der Waals surface area contributed by atoms with Gasteiger partial charge in [-0.25, -0.2) is 4.39 Å². The number of carbonyl (C=O) groups excluding carboxylic acids is 3. The zero-order valence-corrected chi connectivity index (χ0v) is 18.2. The molecule has 6 heteroatoms. The molecule has 4 rings (SSSR count). The molecule has 7 atom stereocenters. The second-order valence-electron chi connectivity index (χ2n) is 10.2. The van der Waals surface area contributed by atoms with E-state index in [2.05, 4.69) is 6.08 Å². The first-order valence-electron chi connectivity index (χ1n) is 10.9. The van der Waals surface area contributed by atoms with Gasteiger partial charge >= 0.3 is 5.97 Å². The quantitative estimate of drug-likeness (QED) is 0.561. The van der Waals surface area contributed by atoms with Gasteiger partial charge in [0.2, 0.25) is 5.78 Å². The fourth-order valence-corrected chi connectivity index (χ4v) is 7.08. The lowest BCUT2D eigenvalue weighted by atomic mass is 9.50. The number of allylic oxidation sites excluding steroid dienone is 4. The molecule has 1 N–H and O–H groups in total. The molecule has 0 aliphatic heterocycles. The molecule has 2 saturated carbocycles. The number of esters is 1. The van der Waals surface area contributed by atoms with Crippen molar-refractivity contribution >= 4 is 17.5 Å². The second-order valence-corrected chi connectivity index (χ2v) is 10.2. The fourth-order valence-electron chi connectivity index (χ4n) is 7.08. The van der Waals surface area contributed by atoms with Crippen LogP contribution in [0.25, 0.3) is 0 Å². The van der Waals surface area contributed by atoms with Gasteiger partial charge in [0, 0.05) is 24.2 Å². The van der Waals surface area contributed by atoms with E-state index in [4.69, 9.17) is 4.74 Å². The maximum atomic E-state index is 15.3. The first-order chi connectivity index (χ1) is 13.9. The van der Waals surface area contributed by atoms with Crippen molar-refractivity contribution in [2.45, 2.75) is 71.6 Å². The van der Waals surface area contributed by atoms with E-state index >= 15 is 4.39 Å². The molecule has 0 aromatic rings. The van der Waals surface area contributed by atoms with Crippen molar-refractivity contribution in [1.82, 2.24) is 0 Å². The Labute approximate surface area is 176 Å². The van der Waals surface area contributed by atoms with Crippen LogP contribution < -0.4 is 0 Å². The zero-order valence-electron chi connectivity index (χ0n) is 18.2. The molecule has 4 aliphatic carbocycles. The van der Waals surface area contributed by atoms with Crippen molar-refractivity contribution in [3.63, 3.8) is 0 Å². The number of hydrogen-bond donors (Lipinski definition) is 1.